The second kappa shape index (κ2) is 6.20. The van der Waals surface area contributed by atoms with Gasteiger partial charge in [-0.1, -0.05) is 13.3 Å². The molecular weight excluding hydrogens is 292 g/mol. The van der Waals surface area contributed by atoms with Crippen molar-refractivity contribution in [3.05, 3.63) is 34.0 Å². The van der Waals surface area contributed by atoms with E-state index in [-0.39, 0.29) is 23.2 Å². The summed E-state index contributed by atoms with van der Waals surface area (Å²) in [6, 6.07) is 2.93. The number of fused-ring (bicyclic) bond motifs is 1. The molecule has 22 heavy (non-hydrogen) atoms. The molecule has 0 aliphatic carbocycles. The quantitative estimate of drug-likeness (QED) is 0.545. The van der Waals surface area contributed by atoms with Gasteiger partial charge in [0.15, 0.2) is 5.69 Å². The molecule has 0 saturated heterocycles. The summed E-state index contributed by atoms with van der Waals surface area (Å²) >= 11 is 0. The molecule has 0 aliphatic rings. The lowest BCUT2D eigenvalue weighted by atomic mass is 10.1. The number of amides is 1. The fraction of sp³-hybridized carbons (Fsp3) is 0.308. The van der Waals surface area contributed by atoms with Crippen molar-refractivity contribution in [1.29, 1.82) is 0 Å². The molecule has 0 saturated carbocycles. The predicted molar refractivity (Wildman–Crippen MR) is 76.5 cm³/mol. The molecule has 2 aromatic rings. The lowest BCUT2D eigenvalue weighted by Gasteiger charge is -2.12. The Morgan fingerprint density at radius 1 is 1.50 bits per heavy atom. The van der Waals surface area contributed by atoms with Crippen LogP contribution in [-0.4, -0.2) is 38.1 Å². The number of carboxylic acids is 1. The second-order valence-electron chi connectivity index (χ2n) is 4.71. The largest absolute Gasteiger partial charge is 0.480 e. The first-order valence-corrected chi connectivity index (χ1v) is 6.60. The van der Waals surface area contributed by atoms with E-state index in [9.17, 15) is 19.7 Å². The standard InChI is InChI=1S/C13H14N4O5/c1-2-3-10(13(19)20)14-12(18)11-8-6-7(17(21)22)4-5-9(8)15-16-11/h4-6,10H,2-3H2,1H3,(H,14,18)(H,15,16)(H,19,20). The molecule has 0 radical (unpaired) electrons. The third-order valence-corrected chi connectivity index (χ3v) is 3.15. The van der Waals surface area contributed by atoms with Crippen LogP contribution in [0, 0.1) is 10.1 Å². The van der Waals surface area contributed by atoms with Crippen LogP contribution < -0.4 is 5.32 Å². The van der Waals surface area contributed by atoms with Gasteiger partial charge < -0.3 is 10.4 Å². The molecule has 1 amide bonds. The number of hydrogen-bond donors (Lipinski definition) is 3. The summed E-state index contributed by atoms with van der Waals surface area (Å²) in [5.41, 5.74) is 0.213. The zero-order valence-electron chi connectivity index (χ0n) is 11.7. The van der Waals surface area contributed by atoms with E-state index in [1.165, 1.54) is 18.2 Å². The van der Waals surface area contributed by atoms with E-state index in [0.717, 1.165) is 0 Å². The predicted octanol–water partition coefficient (Wildman–Crippen LogP) is 1.45. The number of aromatic nitrogens is 2. The monoisotopic (exact) mass is 306 g/mol. The SMILES string of the molecule is CCCC(NC(=O)c1n[nH]c2ccc([N+](=O)[O-])cc12)C(=O)O. The molecule has 1 atom stereocenters. The average molecular weight is 306 g/mol. The van der Waals surface area contributed by atoms with Gasteiger partial charge in [0, 0.05) is 17.5 Å². The maximum atomic E-state index is 12.2. The van der Waals surface area contributed by atoms with Gasteiger partial charge >= 0.3 is 5.97 Å². The highest BCUT2D eigenvalue weighted by Gasteiger charge is 2.23. The number of nitro groups is 1. The van der Waals surface area contributed by atoms with Crippen LogP contribution in [0.25, 0.3) is 10.9 Å². The Kier molecular flexibility index (Phi) is 4.35. The minimum atomic E-state index is -1.14. The molecule has 0 aliphatic heterocycles. The van der Waals surface area contributed by atoms with Gasteiger partial charge in [-0.05, 0) is 12.5 Å². The molecule has 116 valence electrons. The first-order chi connectivity index (χ1) is 10.4. The van der Waals surface area contributed by atoms with E-state index >= 15 is 0 Å². The van der Waals surface area contributed by atoms with Crippen molar-refractivity contribution in [3.63, 3.8) is 0 Å². The van der Waals surface area contributed by atoms with E-state index in [2.05, 4.69) is 15.5 Å². The summed E-state index contributed by atoms with van der Waals surface area (Å²) in [5.74, 6) is -1.83. The number of nitro benzene ring substituents is 1. The zero-order valence-corrected chi connectivity index (χ0v) is 11.7. The van der Waals surface area contributed by atoms with E-state index in [1.807, 2.05) is 0 Å². The average Bonchev–Trinajstić information content (AvgIpc) is 2.89. The van der Waals surface area contributed by atoms with Crippen LogP contribution in [0.1, 0.15) is 30.3 Å². The Bertz CT molecular complexity index is 739. The number of rotatable bonds is 6. The van der Waals surface area contributed by atoms with Crippen molar-refractivity contribution >= 4 is 28.5 Å². The van der Waals surface area contributed by atoms with Crippen LogP contribution in [0.5, 0.6) is 0 Å². The van der Waals surface area contributed by atoms with Crippen molar-refractivity contribution < 1.29 is 19.6 Å². The normalized spacial score (nSPS) is 12.0. The smallest absolute Gasteiger partial charge is 0.326 e. The van der Waals surface area contributed by atoms with Crippen LogP contribution in [0.15, 0.2) is 18.2 Å². The lowest BCUT2D eigenvalue weighted by molar-refractivity contribution is -0.384. The van der Waals surface area contributed by atoms with Crippen molar-refractivity contribution in [1.82, 2.24) is 15.5 Å². The van der Waals surface area contributed by atoms with Gasteiger partial charge in [-0.25, -0.2) is 4.79 Å². The minimum Gasteiger partial charge on any atom is -0.480 e. The first-order valence-electron chi connectivity index (χ1n) is 6.60. The van der Waals surface area contributed by atoms with E-state index < -0.39 is 22.8 Å². The number of carboxylic acid groups (broad SMARTS) is 1. The number of nitrogens with one attached hydrogen (secondary N) is 2. The third-order valence-electron chi connectivity index (χ3n) is 3.15. The van der Waals surface area contributed by atoms with Gasteiger partial charge in [0.2, 0.25) is 0 Å². The topological polar surface area (TPSA) is 138 Å². The summed E-state index contributed by atoms with van der Waals surface area (Å²) < 4.78 is 0. The Balaban J connectivity index is 2.33. The first kappa shape index (κ1) is 15.4. The van der Waals surface area contributed by atoms with Crippen molar-refractivity contribution in [2.75, 3.05) is 0 Å². The zero-order chi connectivity index (χ0) is 16.3. The molecular formula is C13H14N4O5. The molecule has 0 fully saturated rings. The van der Waals surface area contributed by atoms with Gasteiger partial charge in [-0.2, -0.15) is 5.10 Å². The summed E-state index contributed by atoms with van der Waals surface area (Å²) in [7, 11) is 0. The number of carbonyl (C=O) groups excluding carboxylic acids is 1. The van der Waals surface area contributed by atoms with Crippen molar-refractivity contribution in [3.8, 4) is 0 Å². The molecule has 1 unspecified atom stereocenters. The second-order valence-corrected chi connectivity index (χ2v) is 4.71. The molecule has 1 heterocycles. The van der Waals surface area contributed by atoms with Gasteiger partial charge in [-0.15, -0.1) is 0 Å². The molecule has 1 aromatic carbocycles. The van der Waals surface area contributed by atoms with Crippen LogP contribution >= 0.6 is 0 Å². The highest BCUT2D eigenvalue weighted by Crippen LogP contribution is 2.22. The van der Waals surface area contributed by atoms with E-state index in [4.69, 9.17) is 5.11 Å². The number of aliphatic carboxylic acids is 1. The maximum absolute atomic E-state index is 12.2. The van der Waals surface area contributed by atoms with Crippen molar-refractivity contribution in [2.24, 2.45) is 0 Å². The van der Waals surface area contributed by atoms with Crippen LogP contribution in [0.2, 0.25) is 0 Å². The Labute approximate surface area is 124 Å². The molecule has 9 nitrogen and oxygen atoms in total. The highest BCUT2D eigenvalue weighted by atomic mass is 16.6. The molecule has 1 aromatic heterocycles. The summed E-state index contributed by atoms with van der Waals surface area (Å²) in [5, 5.41) is 28.9. The summed E-state index contributed by atoms with van der Waals surface area (Å²) in [4.78, 5) is 33.5. The van der Waals surface area contributed by atoms with Crippen LogP contribution in [0.4, 0.5) is 5.69 Å². The maximum Gasteiger partial charge on any atom is 0.326 e. The molecule has 3 N–H and O–H groups in total. The van der Waals surface area contributed by atoms with Gasteiger partial charge in [0.05, 0.1) is 10.4 Å². The number of non-ortho nitro benzene ring substituents is 1. The van der Waals surface area contributed by atoms with Crippen molar-refractivity contribution in [2.45, 2.75) is 25.8 Å². The molecule has 2 rings (SSSR count). The fourth-order valence-corrected chi connectivity index (χ4v) is 2.06. The third kappa shape index (κ3) is 3.03. The Morgan fingerprint density at radius 2 is 2.23 bits per heavy atom. The number of nitrogens with zero attached hydrogens (tertiary/aromatic N) is 2. The molecule has 9 heteroatoms. The summed E-state index contributed by atoms with van der Waals surface area (Å²) in [6.07, 6.45) is 0.869. The number of hydrogen-bond acceptors (Lipinski definition) is 5. The van der Waals surface area contributed by atoms with E-state index in [0.29, 0.717) is 11.9 Å². The van der Waals surface area contributed by atoms with Crippen LogP contribution in [-0.2, 0) is 4.79 Å². The fourth-order valence-electron chi connectivity index (χ4n) is 2.06. The lowest BCUT2D eigenvalue weighted by Crippen LogP contribution is -2.40. The van der Waals surface area contributed by atoms with Gasteiger partial charge in [0.1, 0.15) is 6.04 Å². The van der Waals surface area contributed by atoms with Gasteiger partial charge in [0.25, 0.3) is 11.6 Å². The molecule has 0 spiro atoms. The number of H-pyrrole nitrogens is 1. The number of aromatic amines is 1. The van der Waals surface area contributed by atoms with E-state index in [1.54, 1.807) is 6.92 Å². The Hall–Kier alpha value is -2.97. The number of carbonyl (C=O) groups is 2. The van der Waals surface area contributed by atoms with Crippen LogP contribution in [0.3, 0.4) is 0 Å². The Morgan fingerprint density at radius 3 is 2.82 bits per heavy atom. The minimum absolute atomic E-state index is 0.0685. The van der Waals surface area contributed by atoms with Gasteiger partial charge in [-0.3, -0.25) is 20.0 Å². The summed E-state index contributed by atoms with van der Waals surface area (Å²) in [6.45, 7) is 1.80. The molecule has 0 bridgehead atoms. The highest BCUT2D eigenvalue weighted by molar-refractivity contribution is 6.06. The number of benzene rings is 1.